The number of carbonyl (C=O) groups is 1. The molecule has 0 aliphatic heterocycles. The number of aryl methyl sites for hydroxylation is 1. The van der Waals surface area contributed by atoms with Crippen LogP contribution in [0.15, 0.2) is 24.3 Å². The second kappa shape index (κ2) is 5.24. The summed E-state index contributed by atoms with van der Waals surface area (Å²) in [4.78, 5) is 15.6. The Morgan fingerprint density at radius 3 is 2.79 bits per heavy atom. The molecule has 0 saturated heterocycles. The van der Waals surface area contributed by atoms with Crippen molar-refractivity contribution in [3.05, 3.63) is 35.5 Å². The summed E-state index contributed by atoms with van der Waals surface area (Å²) in [7, 11) is 1.59. The Labute approximate surface area is 111 Å². The number of ether oxygens (including phenoxy) is 1. The molecule has 1 N–H and O–H groups in total. The quantitative estimate of drug-likeness (QED) is 0.679. The predicted octanol–water partition coefficient (Wildman–Crippen LogP) is 2.29. The fraction of sp³-hybridized carbons (Fsp3) is 0.286. The van der Waals surface area contributed by atoms with Crippen molar-refractivity contribution in [3.63, 3.8) is 0 Å². The number of rotatable bonds is 3. The van der Waals surface area contributed by atoms with E-state index in [0.29, 0.717) is 10.8 Å². The lowest BCUT2D eigenvalue weighted by Gasteiger charge is -2.15. The molecule has 0 aliphatic rings. The molecule has 100 valence electrons. The Hall–Kier alpha value is -2.14. The maximum absolute atomic E-state index is 11.1. The first-order valence-corrected chi connectivity index (χ1v) is 5.92. The SMILES string of the molecule is COc1ccc2nc(C)cc(CN(O)C(C)=O)c2c1. The normalized spacial score (nSPS) is 10.5. The van der Waals surface area contributed by atoms with E-state index in [1.165, 1.54) is 6.92 Å². The first-order chi connectivity index (χ1) is 9.01. The van der Waals surface area contributed by atoms with Gasteiger partial charge in [0.05, 0.1) is 19.2 Å². The van der Waals surface area contributed by atoms with Gasteiger partial charge in [0.25, 0.3) is 0 Å². The predicted molar refractivity (Wildman–Crippen MR) is 71.0 cm³/mol. The standard InChI is InChI=1S/C14H16N2O3/c1-9-6-11(8-16(18)10(2)17)13-7-12(19-3)4-5-14(13)15-9/h4-7,18H,8H2,1-3H3. The molecule has 0 atom stereocenters. The van der Waals surface area contributed by atoms with E-state index in [1.807, 2.05) is 31.2 Å². The van der Waals surface area contributed by atoms with Gasteiger partial charge in [0, 0.05) is 18.0 Å². The summed E-state index contributed by atoms with van der Waals surface area (Å²) in [5.41, 5.74) is 2.48. The average Bonchev–Trinajstić information content (AvgIpc) is 2.38. The fourth-order valence-electron chi connectivity index (χ4n) is 1.95. The molecule has 1 aromatic heterocycles. The highest BCUT2D eigenvalue weighted by molar-refractivity contribution is 5.84. The summed E-state index contributed by atoms with van der Waals surface area (Å²) >= 11 is 0. The molecule has 5 heteroatoms. The highest BCUT2D eigenvalue weighted by Crippen LogP contribution is 2.24. The number of hydroxylamine groups is 2. The highest BCUT2D eigenvalue weighted by Gasteiger charge is 2.11. The van der Waals surface area contributed by atoms with E-state index in [-0.39, 0.29) is 6.54 Å². The minimum atomic E-state index is -0.398. The van der Waals surface area contributed by atoms with E-state index in [4.69, 9.17) is 4.74 Å². The van der Waals surface area contributed by atoms with E-state index in [9.17, 15) is 10.0 Å². The van der Waals surface area contributed by atoms with E-state index in [1.54, 1.807) is 7.11 Å². The molecule has 5 nitrogen and oxygen atoms in total. The molecule has 2 aromatic rings. The van der Waals surface area contributed by atoms with Crippen molar-refractivity contribution in [2.45, 2.75) is 20.4 Å². The van der Waals surface area contributed by atoms with Crippen LogP contribution in [0.1, 0.15) is 18.2 Å². The molecular formula is C14H16N2O3. The molecule has 1 heterocycles. The smallest absolute Gasteiger partial charge is 0.243 e. The molecule has 0 bridgehead atoms. The van der Waals surface area contributed by atoms with Crippen molar-refractivity contribution in [2.75, 3.05) is 7.11 Å². The first kappa shape index (κ1) is 13.3. The van der Waals surface area contributed by atoms with Crippen LogP contribution in [0.5, 0.6) is 5.75 Å². The summed E-state index contributed by atoms with van der Waals surface area (Å²) in [6.45, 7) is 3.32. The van der Waals surface area contributed by atoms with E-state index < -0.39 is 5.91 Å². The van der Waals surface area contributed by atoms with Crippen molar-refractivity contribution >= 4 is 16.8 Å². The molecule has 0 fully saturated rings. The van der Waals surface area contributed by atoms with Crippen molar-refractivity contribution in [1.82, 2.24) is 10.0 Å². The Kier molecular flexibility index (Phi) is 3.66. The summed E-state index contributed by atoms with van der Waals surface area (Å²) in [6, 6.07) is 7.40. The Morgan fingerprint density at radius 1 is 1.42 bits per heavy atom. The van der Waals surface area contributed by atoms with Gasteiger partial charge in [0.1, 0.15) is 5.75 Å². The van der Waals surface area contributed by atoms with Gasteiger partial charge < -0.3 is 4.74 Å². The number of hydrogen-bond acceptors (Lipinski definition) is 4. The number of methoxy groups -OCH3 is 1. The van der Waals surface area contributed by atoms with Gasteiger partial charge in [-0.1, -0.05) is 0 Å². The largest absolute Gasteiger partial charge is 0.497 e. The monoisotopic (exact) mass is 260 g/mol. The van der Waals surface area contributed by atoms with Gasteiger partial charge in [-0.3, -0.25) is 15.0 Å². The zero-order valence-electron chi connectivity index (χ0n) is 11.2. The zero-order chi connectivity index (χ0) is 14.0. The molecule has 0 aliphatic carbocycles. The number of fused-ring (bicyclic) bond motifs is 1. The molecular weight excluding hydrogens is 244 g/mol. The van der Waals surface area contributed by atoms with Crippen LogP contribution in [0.3, 0.4) is 0 Å². The van der Waals surface area contributed by atoms with Crippen LogP contribution in [-0.2, 0) is 11.3 Å². The number of amides is 1. The van der Waals surface area contributed by atoms with Crippen molar-refractivity contribution < 1.29 is 14.7 Å². The van der Waals surface area contributed by atoms with Crippen molar-refractivity contribution in [1.29, 1.82) is 0 Å². The number of benzene rings is 1. The Balaban J connectivity index is 2.53. The number of aromatic nitrogens is 1. The maximum atomic E-state index is 11.1. The molecule has 1 aromatic carbocycles. The second-order valence-electron chi connectivity index (χ2n) is 4.38. The van der Waals surface area contributed by atoms with Gasteiger partial charge in [-0.15, -0.1) is 0 Å². The van der Waals surface area contributed by atoms with Crippen LogP contribution in [0.25, 0.3) is 10.9 Å². The lowest BCUT2D eigenvalue weighted by molar-refractivity contribution is -0.165. The van der Waals surface area contributed by atoms with Gasteiger partial charge >= 0.3 is 0 Å². The summed E-state index contributed by atoms with van der Waals surface area (Å²) in [5, 5.41) is 11.1. The number of carbonyl (C=O) groups excluding carboxylic acids is 1. The maximum Gasteiger partial charge on any atom is 0.243 e. The molecule has 2 rings (SSSR count). The highest BCUT2D eigenvalue weighted by atomic mass is 16.5. The molecule has 1 amide bonds. The topological polar surface area (TPSA) is 62.7 Å². The third-order valence-corrected chi connectivity index (χ3v) is 2.91. The average molecular weight is 260 g/mol. The molecule has 0 spiro atoms. The van der Waals surface area contributed by atoms with Crippen LogP contribution < -0.4 is 4.74 Å². The first-order valence-electron chi connectivity index (χ1n) is 5.92. The van der Waals surface area contributed by atoms with Gasteiger partial charge in [-0.25, -0.2) is 5.06 Å². The third-order valence-electron chi connectivity index (χ3n) is 2.91. The zero-order valence-corrected chi connectivity index (χ0v) is 11.2. The van der Waals surface area contributed by atoms with Crippen LogP contribution >= 0.6 is 0 Å². The molecule has 0 saturated carbocycles. The summed E-state index contributed by atoms with van der Waals surface area (Å²) < 4.78 is 5.19. The fourth-order valence-corrected chi connectivity index (χ4v) is 1.95. The molecule has 0 unspecified atom stereocenters. The van der Waals surface area contributed by atoms with Crippen molar-refractivity contribution in [2.24, 2.45) is 0 Å². The van der Waals surface area contributed by atoms with E-state index in [0.717, 1.165) is 22.2 Å². The number of nitrogens with zero attached hydrogens (tertiary/aromatic N) is 2. The lowest BCUT2D eigenvalue weighted by Crippen LogP contribution is -2.24. The van der Waals surface area contributed by atoms with Crippen LogP contribution in [-0.4, -0.2) is 28.3 Å². The number of hydrogen-bond donors (Lipinski definition) is 1. The van der Waals surface area contributed by atoms with Crippen LogP contribution in [0.2, 0.25) is 0 Å². The van der Waals surface area contributed by atoms with E-state index >= 15 is 0 Å². The lowest BCUT2D eigenvalue weighted by atomic mass is 10.1. The van der Waals surface area contributed by atoms with Gasteiger partial charge in [0.2, 0.25) is 5.91 Å². The van der Waals surface area contributed by atoms with Gasteiger partial charge in [0.15, 0.2) is 0 Å². The van der Waals surface area contributed by atoms with Crippen LogP contribution in [0.4, 0.5) is 0 Å². The second-order valence-corrected chi connectivity index (χ2v) is 4.38. The van der Waals surface area contributed by atoms with Crippen molar-refractivity contribution in [3.8, 4) is 5.75 Å². The van der Waals surface area contributed by atoms with Gasteiger partial charge in [-0.2, -0.15) is 0 Å². The number of pyridine rings is 1. The Bertz CT molecular complexity index is 625. The van der Waals surface area contributed by atoms with Crippen LogP contribution in [0, 0.1) is 6.92 Å². The molecule has 0 radical (unpaired) electrons. The minimum absolute atomic E-state index is 0.127. The van der Waals surface area contributed by atoms with Gasteiger partial charge in [-0.05, 0) is 36.8 Å². The summed E-state index contributed by atoms with van der Waals surface area (Å²) in [5.74, 6) is 0.317. The molecule has 19 heavy (non-hydrogen) atoms. The Morgan fingerprint density at radius 2 is 2.16 bits per heavy atom. The summed E-state index contributed by atoms with van der Waals surface area (Å²) in [6.07, 6.45) is 0. The van der Waals surface area contributed by atoms with E-state index in [2.05, 4.69) is 4.98 Å². The third kappa shape index (κ3) is 2.82. The minimum Gasteiger partial charge on any atom is -0.497 e.